The monoisotopic (exact) mass is 432 g/mol. The molecule has 2 aliphatic rings. The molecule has 4 rings (SSSR count). The molecule has 2 amide bonds. The summed E-state index contributed by atoms with van der Waals surface area (Å²) in [5.74, 6) is -0.301. The highest BCUT2D eigenvalue weighted by atomic mass is 35.5. The third-order valence-electron chi connectivity index (χ3n) is 4.88. The number of carbonyl (C=O) groups excluding carboxylic acids is 2. The molecule has 2 aromatic rings. The highest BCUT2D eigenvalue weighted by Gasteiger charge is 2.35. The number of carbonyl (C=O) groups is 2. The van der Waals surface area contributed by atoms with Crippen molar-refractivity contribution in [1.29, 1.82) is 0 Å². The first-order valence-corrected chi connectivity index (χ1v) is 10.6. The van der Waals surface area contributed by atoms with Gasteiger partial charge < -0.3 is 4.90 Å². The maximum absolute atomic E-state index is 12.7. The summed E-state index contributed by atoms with van der Waals surface area (Å²) in [6, 6.07) is 13.1. The zero-order valence-corrected chi connectivity index (χ0v) is 17.4. The molecule has 2 aliphatic heterocycles. The van der Waals surface area contributed by atoms with Crippen molar-refractivity contribution in [3.05, 3.63) is 68.5 Å². The second-order valence-corrected chi connectivity index (χ2v) is 8.63. The van der Waals surface area contributed by atoms with Gasteiger partial charge in [0.1, 0.15) is 0 Å². The van der Waals surface area contributed by atoms with Gasteiger partial charge in [-0.3, -0.25) is 14.5 Å². The quantitative estimate of drug-likeness (QED) is 0.569. The van der Waals surface area contributed by atoms with Crippen molar-refractivity contribution in [3.63, 3.8) is 0 Å². The van der Waals surface area contributed by atoms with Gasteiger partial charge >= 0.3 is 0 Å². The minimum Gasteiger partial charge on any atom is -0.372 e. The Kier molecular flexibility index (Phi) is 5.67. The summed E-state index contributed by atoms with van der Waals surface area (Å²) in [5.41, 5.74) is 2.78. The number of imide groups is 1. The Bertz CT molecular complexity index is 953. The molecule has 0 bridgehead atoms. The fraction of sp³-hybridized carbons (Fsp3) is 0.238. The number of amides is 2. The molecule has 2 fully saturated rings. The van der Waals surface area contributed by atoms with Crippen LogP contribution >= 0.6 is 35.0 Å². The Labute approximate surface area is 178 Å². The smallest absolute Gasteiger partial charge is 0.293 e. The van der Waals surface area contributed by atoms with E-state index in [9.17, 15) is 9.59 Å². The van der Waals surface area contributed by atoms with Crippen LogP contribution in [-0.2, 0) is 11.3 Å². The fourth-order valence-corrected chi connectivity index (χ4v) is 4.67. The molecule has 0 aliphatic carbocycles. The van der Waals surface area contributed by atoms with Crippen LogP contribution in [0.4, 0.5) is 10.5 Å². The van der Waals surface area contributed by atoms with Gasteiger partial charge in [-0.2, -0.15) is 0 Å². The number of rotatable bonds is 4. The normalized spacial score (nSPS) is 18.6. The van der Waals surface area contributed by atoms with Crippen LogP contribution in [0.3, 0.4) is 0 Å². The highest BCUT2D eigenvalue weighted by molar-refractivity contribution is 8.18. The van der Waals surface area contributed by atoms with Gasteiger partial charge in [0.15, 0.2) is 0 Å². The van der Waals surface area contributed by atoms with E-state index >= 15 is 0 Å². The SMILES string of the molecule is O=C1S/C(=C/c2ccc(N3CCCC3)cc2)C(=O)N1Cc1ccc(Cl)cc1Cl. The Hall–Kier alpha value is -1.95. The lowest BCUT2D eigenvalue weighted by Gasteiger charge is -2.17. The zero-order valence-electron chi connectivity index (χ0n) is 15.0. The molecular weight excluding hydrogens is 415 g/mol. The minimum atomic E-state index is -0.301. The van der Waals surface area contributed by atoms with E-state index in [1.807, 2.05) is 12.1 Å². The molecule has 2 heterocycles. The van der Waals surface area contributed by atoms with Gasteiger partial charge in [0.05, 0.1) is 11.4 Å². The van der Waals surface area contributed by atoms with Crippen molar-refractivity contribution in [2.75, 3.05) is 18.0 Å². The average Bonchev–Trinajstić information content (AvgIpc) is 3.29. The van der Waals surface area contributed by atoms with E-state index in [1.165, 1.54) is 23.4 Å². The molecule has 0 unspecified atom stereocenters. The van der Waals surface area contributed by atoms with Crippen LogP contribution in [0.15, 0.2) is 47.4 Å². The Balaban J connectivity index is 1.50. The second-order valence-electron chi connectivity index (χ2n) is 6.79. The van der Waals surface area contributed by atoms with Crippen molar-refractivity contribution in [2.45, 2.75) is 19.4 Å². The lowest BCUT2D eigenvalue weighted by Crippen LogP contribution is -2.27. The molecule has 0 N–H and O–H groups in total. The summed E-state index contributed by atoms with van der Waals surface area (Å²) < 4.78 is 0. The van der Waals surface area contributed by atoms with Crippen LogP contribution in [0.2, 0.25) is 10.0 Å². The van der Waals surface area contributed by atoms with E-state index < -0.39 is 0 Å². The van der Waals surface area contributed by atoms with Gasteiger partial charge in [-0.25, -0.2) is 0 Å². The standard InChI is InChI=1S/C21H18Cl2N2O2S/c22-16-6-5-15(18(23)12-16)13-25-20(26)19(28-21(25)27)11-14-3-7-17(8-4-14)24-9-1-2-10-24/h3-8,11-12H,1-2,9-10,13H2/b19-11+. The molecule has 2 aromatic carbocycles. The number of thioether (sulfide) groups is 1. The largest absolute Gasteiger partial charge is 0.372 e. The number of halogens is 2. The van der Waals surface area contributed by atoms with Gasteiger partial charge in [0.2, 0.25) is 0 Å². The Morgan fingerprint density at radius 3 is 2.39 bits per heavy atom. The molecule has 0 spiro atoms. The van der Waals surface area contributed by atoms with E-state index in [-0.39, 0.29) is 17.7 Å². The summed E-state index contributed by atoms with van der Waals surface area (Å²) in [4.78, 5) is 29.1. The minimum absolute atomic E-state index is 0.131. The summed E-state index contributed by atoms with van der Waals surface area (Å²) in [6.07, 6.45) is 4.22. The molecule has 0 atom stereocenters. The number of hydrogen-bond donors (Lipinski definition) is 0. The molecule has 4 nitrogen and oxygen atoms in total. The predicted molar refractivity (Wildman–Crippen MR) is 116 cm³/mol. The molecule has 0 radical (unpaired) electrons. The van der Waals surface area contributed by atoms with Gasteiger partial charge in [0, 0.05) is 28.8 Å². The summed E-state index contributed by atoms with van der Waals surface area (Å²) >= 11 is 13.0. The topological polar surface area (TPSA) is 40.6 Å². The molecular formula is C21H18Cl2N2O2S. The van der Waals surface area contributed by atoms with Gasteiger partial charge in [-0.15, -0.1) is 0 Å². The lowest BCUT2D eigenvalue weighted by molar-refractivity contribution is -0.123. The first-order valence-electron chi connectivity index (χ1n) is 9.05. The average molecular weight is 433 g/mol. The lowest BCUT2D eigenvalue weighted by atomic mass is 10.1. The Morgan fingerprint density at radius 1 is 1.00 bits per heavy atom. The summed E-state index contributed by atoms with van der Waals surface area (Å²) in [7, 11) is 0. The maximum Gasteiger partial charge on any atom is 0.293 e. The van der Waals surface area contributed by atoms with Gasteiger partial charge in [0.25, 0.3) is 11.1 Å². The van der Waals surface area contributed by atoms with Crippen LogP contribution in [0.25, 0.3) is 6.08 Å². The summed E-state index contributed by atoms with van der Waals surface area (Å²) in [5, 5.41) is 0.657. The van der Waals surface area contributed by atoms with Crippen LogP contribution in [0, 0.1) is 0 Å². The number of nitrogens with zero attached hydrogens (tertiary/aromatic N) is 2. The van der Waals surface area contributed by atoms with Crippen molar-refractivity contribution in [3.8, 4) is 0 Å². The first kappa shape index (κ1) is 19.4. The van der Waals surface area contributed by atoms with E-state index in [0.717, 1.165) is 30.4 Å². The van der Waals surface area contributed by atoms with E-state index in [2.05, 4.69) is 17.0 Å². The first-order chi connectivity index (χ1) is 13.5. The van der Waals surface area contributed by atoms with Crippen molar-refractivity contribution in [1.82, 2.24) is 4.90 Å². The fourth-order valence-electron chi connectivity index (χ4n) is 3.36. The van der Waals surface area contributed by atoms with Crippen molar-refractivity contribution in [2.24, 2.45) is 0 Å². The Morgan fingerprint density at radius 2 is 1.71 bits per heavy atom. The van der Waals surface area contributed by atoms with E-state index in [0.29, 0.717) is 20.5 Å². The van der Waals surface area contributed by atoms with Crippen LogP contribution in [-0.4, -0.2) is 29.1 Å². The van der Waals surface area contributed by atoms with Crippen molar-refractivity contribution < 1.29 is 9.59 Å². The molecule has 7 heteroatoms. The molecule has 2 saturated heterocycles. The molecule has 144 valence electrons. The molecule has 0 aromatic heterocycles. The zero-order chi connectivity index (χ0) is 19.7. The van der Waals surface area contributed by atoms with Gasteiger partial charge in [-0.1, -0.05) is 41.4 Å². The van der Waals surface area contributed by atoms with E-state index in [4.69, 9.17) is 23.2 Å². The molecule has 0 saturated carbocycles. The number of anilines is 1. The highest BCUT2D eigenvalue weighted by Crippen LogP contribution is 2.34. The summed E-state index contributed by atoms with van der Waals surface area (Å²) in [6.45, 7) is 2.31. The van der Waals surface area contributed by atoms with Crippen LogP contribution < -0.4 is 4.90 Å². The molecule has 28 heavy (non-hydrogen) atoms. The van der Waals surface area contributed by atoms with Crippen molar-refractivity contribution >= 4 is 57.9 Å². The maximum atomic E-state index is 12.7. The third kappa shape index (κ3) is 4.07. The van der Waals surface area contributed by atoms with Crippen LogP contribution in [0.5, 0.6) is 0 Å². The number of hydrogen-bond acceptors (Lipinski definition) is 4. The van der Waals surface area contributed by atoms with E-state index in [1.54, 1.807) is 24.3 Å². The second kappa shape index (κ2) is 8.19. The third-order valence-corrected chi connectivity index (χ3v) is 6.37. The predicted octanol–water partition coefficient (Wildman–Crippen LogP) is 5.83. The number of benzene rings is 2. The van der Waals surface area contributed by atoms with Crippen LogP contribution in [0.1, 0.15) is 24.0 Å². The van der Waals surface area contributed by atoms with Gasteiger partial charge in [-0.05, 0) is 66.1 Å².